The molecule has 7 nitrogen and oxygen atoms in total. The molecule has 8 heteroatoms. The first-order valence-corrected chi connectivity index (χ1v) is 10.8. The summed E-state index contributed by atoms with van der Waals surface area (Å²) >= 11 is 0. The predicted octanol–water partition coefficient (Wildman–Crippen LogP) is 1.78. The number of piperidine rings is 1. The molecule has 1 atom stereocenters. The molecule has 1 aromatic heterocycles. The van der Waals surface area contributed by atoms with E-state index in [0.717, 1.165) is 44.5 Å². The number of benzene rings is 1. The van der Waals surface area contributed by atoms with Crippen molar-refractivity contribution in [3.05, 3.63) is 36.2 Å². The molecule has 0 aliphatic carbocycles. The summed E-state index contributed by atoms with van der Waals surface area (Å²) in [4.78, 5) is 6.79. The molecule has 1 aromatic carbocycles. The molecule has 26 heavy (non-hydrogen) atoms. The van der Waals surface area contributed by atoms with Gasteiger partial charge in [0.15, 0.2) is 0 Å². The Labute approximate surface area is 154 Å². The van der Waals surface area contributed by atoms with Gasteiger partial charge in [-0.2, -0.15) is 9.29 Å². The molecule has 0 bridgehead atoms. The van der Waals surface area contributed by atoms with Crippen molar-refractivity contribution in [1.29, 1.82) is 0 Å². The van der Waals surface area contributed by atoms with Crippen molar-refractivity contribution in [1.82, 2.24) is 19.3 Å². The normalized spacial score (nSPS) is 24.1. The smallest absolute Gasteiger partial charge is 0.228 e. The summed E-state index contributed by atoms with van der Waals surface area (Å²) in [5.74, 6) is 1.54. The van der Waals surface area contributed by atoms with Crippen molar-refractivity contribution in [2.75, 3.05) is 31.9 Å². The van der Waals surface area contributed by atoms with Crippen molar-refractivity contribution in [2.45, 2.75) is 31.7 Å². The van der Waals surface area contributed by atoms with Gasteiger partial charge in [-0.25, -0.2) is 8.42 Å². The van der Waals surface area contributed by atoms with Crippen LogP contribution in [-0.2, 0) is 16.4 Å². The van der Waals surface area contributed by atoms with Crippen LogP contribution in [0.3, 0.4) is 0 Å². The highest BCUT2D eigenvalue weighted by Crippen LogP contribution is 2.24. The van der Waals surface area contributed by atoms with E-state index in [0.29, 0.717) is 30.4 Å². The number of aromatic nitrogens is 2. The lowest BCUT2D eigenvalue weighted by Crippen LogP contribution is -2.48. The van der Waals surface area contributed by atoms with E-state index in [1.165, 1.54) is 0 Å². The van der Waals surface area contributed by atoms with E-state index < -0.39 is 10.0 Å². The first kappa shape index (κ1) is 17.6. The average molecular weight is 376 g/mol. The van der Waals surface area contributed by atoms with Crippen LogP contribution in [0.2, 0.25) is 0 Å². The summed E-state index contributed by atoms with van der Waals surface area (Å²) in [6, 6.07) is 9.88. The van der Waals surface area contributed by atoms with Crippen molar-refractivity contribution >= 4 is 10.0 Å². The standard InChI is InChI=1S/C18H24N4O3S/c23-26(24)13-5-11-22(26)16-8-4-10-21(14-16)12-9-17-19-18(20-25-17)15-6-2-1-3-7-15/h1-3,6-7,16H,4-5,8-14H2. The number of rotatable bonds is 5. The topological polar surface area (TPSA) is 79.5 Å². The summed E-state index contributed by atoms with van der Waals surface area (Å²) in [7, 11) is -3.04. The monoisotopic (exact) mass is 376 g/mol. The van der Waals surface area contributed by atoms with Crippen LogP contribution in [0.15, 0.2) is 34.9 Å². The molecule has 0 N–H and O–H groups in total. The maximum Gasteiger partial charge on any atom is 0.228 e. The zero-order valence-electron chi connectivity index (χ0n) is 14.7. The molecular weight excluding hydrogens is 352 g/mol. The predicted molar refractivity (Wildman–Crippen MR) is 98.0 cm³/mol. The van der Waals surface area contributed by atoms with Crippen molar-refractivity contribution in [2.24, 2.45) is 0 Å². The second-order valence-corrected chi connectivity index (χ2v) is 9.05. The van der Waals surface area contributed by atoms with Gasteiger partial charge in [-0.1, -0.05) is 35.5 Å². The third-order valence-electron chi connectivity index (χ3n) is 5.17. The molecule has 2 saturated heterocycles. The fourth-order valence-corrected chi connectivity index (χ4v) is 5.61. The van der Waals surface area contributed by atoms with Gasteiger partial charge in [0.25, 0.3) is 0 Å². The van der Waals surface area contributed by atoms with E-state index in [4.69, 9.17) is 4.52 Å². The highest BCUT2D eigenvalue weighted by atomic mass is 32.2. The molecule has 0 saturated carbocycles. The lowest BCUT2D eigenvalue weighted by Gasteiger charge is -2.36. The van der Waals surface area contributed by atoms with Crippen molar-refractivity contribution in [3.63, 3.8) is 0 Å². The molecule has 4 rings (SSSR count). The van der Waals surface area contributed by atoms with E-state index in [1.54, 1.807) is 4.31 Å². The van der Waals surface area contributed by atoms with Crippen LogP contribution in [0.25, 0.3) is 11.4 Å². The lowest BCUT2D eigenvalue weighted by molar-refractivity contribution is 0.150. The van der Waals surface area contributed by atoms with Gasteiger partial charge in [-0.3, -0.25) is 0 Å². The average Bonchev–Trinajstić information content (AvgIpc) is 3.27. The number of likely N-dealkylation sites (tertiary alicyclic amines) is 1. The second kappa shape index (κ2) is 7.46. The van der Waals surface area contributed by atoms with E-state index in [2.05, 4.69) is 15.0 Å². The van der Waals surface area contributed by atoms with Crippen LogP contribution in [0.4, 0.5) is 0 Å². The molecule has 2 fully saturated rings. The highest BCUT2D eigenvalue weighted by molar-refractivity contribution is 7.89. The molecular formula is C18H24N4O3S. The van der Waals surface area contributed by atoms with Gasteiger partial charge in [0.2, 0.25) is 21.7 Å². The number of nitrogens with zero attached hydrogens (tertiary/aromatic N) is 4. The summed E-state index contributed by atoms with van der Waals surface area (Å²) in [6.07, 6.45) is 3.41. The van der Waals surface area contributed by atoms with Crippen LogP contribution in [0.1, 0.15) is 25.2 Å². The van der Waals surface area contributed by atoms with E-state index in [1.807, 2.05) is 30.3 Å². The van der Waals surface area contributed by atoms with Crippen LogP contribution in [0.5, 0.6) is 0 Å². The fourth-order valence-electron chi connectivity index (χ4n) is 3.85. The number of hydrogen-bond donors (Lipinski definition) is 0. The quantitative estimate of drug-likeness (QED) is 0.791. The van der Waals surface area contributed by atoms with E-state index in [9.17, 15) is 8.42 Å². The second-order valence-electron chi connectivity index (χ2n) is 7.00. The molecule has 140 valence electrons. The Morgan fingerprint density at radius 3 is 2.77 bits per heavy atom. The summed E-state index contributed by atoms with van der Waals surface area (Å²) in [5, 5.41) is 4.06. The Morgan fingerprint density at radius 2 is 2.00 bits per heavy atom. The van der Waals surface area contributed by atoms with Gasteiger partial charge in [0, 0.05) is 37.7 Å². The molecule has 3 heterocycles. The Hall–Kier alpha value is -1.77. The summed E-state index contributed by atoms with van der Waals surface area (Å²) in [6.45, 7) is 3.26. The molecule has 0 radical (unpaired) electrons. The van der Waals surface area contributed by atoms with Crippen LogP contribution >= 0.6 is 0 Å². The van der Waals surface area contributed by atoms with Gasteiger partial charge >= 0.3 is 0 Å². The third kappa shape index (κ3) is 3.82. The maximum atomic E-state index is 12.2. The van der Waals surface area contributed by atoms with E-state index >= 15 is 0 Å². The Balaban J connectivity index is 1.34. The van der Waals surface area contributed by atoms with Crippen LogP contribution in [-0.4, -0.2) is 65.7 Å². The van der Waals surface area contributed by atoms with Crippen molar-refractivity contribution < 1.29 is 12.9 Å². The SMILES string of the molecule is O=S1(=O)CCCN1C1CCCN(CCc2nc(-c3ccccc3)no2)C1. The van der Waals surface area contributed by atoms with Gasteiger partial charge < -0.3 is 9.42 Å². The molecule has 2 aromatic rings. The first-order valence-electron chi connectivity index (χ1n) is 9.22. The Kier molecular flexibility index (Phi) is 5.06. The molecule has 2 aliphatic heterocycles. The maximum absolute atomic E-state index is 12.2. The molecule has 1 unspecified atom stereocenters. The number of hydrogen-bond acceptors (Lipinski definition) is 6. The van der Waals surface area contributed by atoms with Crippen molar-refractivity contribution in [3.8, 4) is 11.4 Å². The largest absolute Gasteiger partial charge is 0.339 e. The third-order valence-corrected chi connectivity index (χ3v) is 7.17. The van der Waals surface area contributed by atoms with E-state index in [-0.39, 0.29) is 6.04 Å². The Bertz CT molecular complexity index is 837. The number of sulfonamides is 1. The minimum atomic E-state index is -3.04. The zero-order chi connectivity index (χ0) is 18.0. The van der Waals surface area contributed by atoms with Gasteiger partial charge in [-0.15, -0.1) is 0 Å². The van der Waals surface area contributed by atoms with Gasteiger partial charge in [0.1, 0.15) is 0 Å². The van der Waals surface area contributed by atoms with Gasteiger partial charge in [0.05, 0.1) is 5.75 Å². The lowest BCUT2D eigenvalue weighted by atomic mass is 10.1. The molecule has 2 aliphatic rings. The first-order chi connectivity index (χ1) is 12.6. The minimum absolute atomic E-state index is 0.110. The van der Waals surface area contributed by atoms with Crippen LogP contribution < -0.4 is 0 Å². The molecule has 0 spiro atoms. The van der Waals surface area contributed by atoms with Gasteiger partial charge in [-0.05, 0) is 25.8 Å². The van der Waals surface area contributed by atoms with Crippen LogP contribution in [0, 0.1) is 0 Å². The molecule has 0 amide bonds. The highest BCUT2D eigenvalue weighted by Gasteiger charge is 2.36. The summed E-state index contributed by atoms with van der Waals surface area (Å²) < 4.78 is 31.4. The fraction of sp³-hybridized carbons (Fsp3) is 0.556. The zero-order valence-corrected chi connectivity index (χ0v) is 15.6. The summed E-state index contributed by atoms with van der Waals surface area (Å²) in [5.41, 5.74) is 0.944. The minimum Gasteiger partial charge on any atom is -0.339 e. The Morgan fingerprint density at radius 1 is 1.15 bits per heavy atom.